The van der Waals surface area contributed by atoms with Gasteiger partial charge in [-0.15, -0.1) is 0 Å². The van der Waals surface area contributed by atoms with E-state index in [9.17, 15) is 2.74 Å². The summed E-state index contributed by atoms with van der Waals surface area (Å²) in [7, 11) is 0. The summed E-state index contributed by atoms with van der Waals surface area (Å²) in [6.45, 7) is 13.5. The lowest BCUT2D eigenvalue weighted by Crippen LogP contribution is -2.65. The zero-order valence-corrected chi connectivity index (χ0v) is 42.3. The van der Waals surface area contributed by atoms with E-state index in [4.69, 9.17) is 4.11 Å². The molecule has 0 unspecified atom stereocenters. The van der Waals surface area contributed by atoms with Crippen molar-refractivity contribution in [2.75, 3.05) is 4.90 Å². The molecule has 0 N–H and O–H groups in total. The zero-order valence-electron chi connectivity index (χ0n) is 46.5. The third kappa shape index (κ3) is 6.92. The van der Waals surface area contributed by atoms with Crippen molar-refractivity contribution >= 4 is 51.9 Å². The molecule has 0 saturated heterocycles. The topological polar surface area (TPSA) is 3.24 Å². The van der Waals surface area contributed by atoms with Crippen LogP contribution in [0.5, 0.6) is 0 Å². The van der Waals surface area contributed by atoms with Crippen LogP contribution in [-0.2, 0) is 16.2 Å². The van der Waals surface area contributed by atoms with Crippen molar-refractivity contribution in [3.05, 3.63) is 264 Å². The first-order valence-electron chi connectivity index (χ1n) is 27.6. The van der Waals surface area contributed by atoms with Crippen molar-refractivity contribution in [1.82, 2.24) is 0 Å². The average molecular weight is 947 g/mol. The number of nitrogens with zero attached hydrogens (tertiary/aromatic N) is 1. The fraction of sp³-hybridized carbons (Fsp3) is 0.130. The molecule has 0 aliphatic carbocycles. The van der Waals surface area contributed by atoms with Crippen LogP contribution in [0.2, 0.25) is 0 Å². The summed E-state index contributed by atoms with van der Waals surface area (Å²) >= 11 is 1.85. The Bertz CT molecular complexity index is 3910. The molecule has 72 heavy (non-hydrogen) atoms. The number of benzene rings is 10. The van der Waals surface area contributed by atoms with Crippen LogP contribution >= 0.6 is 11.8 Å². The van der Waals surface area contributed by atoms with Crippen LogP contribution in [0.3, 0.4) is 0 Å². The molecule has 346 valence electrons. The van der Waals surface area contributed by atoms with Crippen molar-refractivity contribution in [3.63, 3.8) is 0 Å². The van der Waals surface area contributed by atoms with E-state index in [0.29, 0.717) is 5.56 Å². The van der Waals surface area contributed by atoms with E-state index in [1.807, 2.05) is 17.8 Å². The van der Waals surface area contributed by atoms with Gasteiger partial charge in [0.2, 0.25) is 6.71 Å². The number of hydrogen-bond donors (Lipinski definition) is 0. The van der Waals surface area contributed by atoms with Crippen LogP contribution in [0.25, 0.3) is 44.5 Å². The summed E-state index contributed by atoms with van der Waals surface area (Å²) in [4.78, 5) is 4.96. The van der Waals surface area contributed by atoms with Gasteiger partial charge in [-0.2, -0.15) is 0 Å². The van der Waals surface area contributed by atoms with E-state index < -0.39 is 11.5 Å². The van der Waals surface area contributed by atoms with E-state index in [1.54, 1.807) is 0 Å². The molecule has 10 aromatic rings. The molecule has 10 aromatic carbocycles. The third-order valence-electron chi connectivity index (χ3n) is 15.4. The van der Waals surface area contributed by atoms with Gasteiger partial charge in [0.1, 0.15) is 0 Å². The van der Waals surface area contributed by atoms with E-state index in [1.165, 1.54) is 54.1 Å². The Balaban J connectivity index is 1.26. The lowest BCUT2D eigenvalue weighted by atomic mass is 9.29. The summed E-state index contributed by atoms with van der Waals surface area (Å²) in [5.74, 6) is 0. The van der Waals surface area contributed by atoms with Crippen LogP contribution in [0.1, 0.15) is 81.8 Å². The quantitative estimate of drug-likeness (QED) is 0.158. The van der Waals surface area contributed by atoms with Gasteiger partial charge in [-0.05, 0) is 125 Å². The first-order chi connectivity index (χ1) is 37.0. The standard InChI is InChI=1S/C69H56BNS/c1-67(2,3)51-41-53(47-27-15-9-16-28-47)66(54(42-51)48-29-17-10-18-30-48)71-61-40-50(46-25-13-8-14-26-46)36-38-59(61)70-60-39-49(45-23-11-7-12-24-45)35-37-55(60)69(58-43-52(68(4,5)6)44-62(71)65(58)70)56-31-19-21-33-63(56)72-64-34-22-20-32-57(64)69/h7-44H,1-6H3/i8D,13D,14D,25D,26D. The van der Waals surface area contributed by atoms with Gasteiger partial charge >= 0.3 is 0 Å². The van der Waals surface area contributed by atoms with Crippen molar-refractivity contribution in [1.29, 1.82) is 0 Å². The summed E-state index contributed by atoms with van der Waals surface area (Å²) in [6.07, 6.45) is 0. The monoisotopic (exact) mass is 946 g/mol. The predicted molar refractivity (Wildman–Crippen MR) is 307 cm³/mol. The van der Waals surface area contributed by atoms with Gasteiger partial charge in [0.15, 0.2) is 0 Å². The number of hydrogen-bond acceptors (Lipinski definition) is 2. The summed E-state index contributed by atoms with van der Waals surface area (Å²) in [6, 6.07) is 71.8. The van der Waals surface area contributed by atoms with Crippen LogP contribution in [0.4, 0.5) is 17.1 Å². The van der Waals surface area contributed by atoms with Crippen molar-refractivity contribution in [2.45, 2.75) is 67.6 Å². The van der Waals surface area contributed by atoms with Gasteiger partial charge in [-0.1, -0.05) is 253 Å². The number of anilines is 3. The minimum atomic E-state index is -0.748. The lowest BCUT2D eigenvalue weighted by molar-refractivity contribution is 0.586. The second-order valence-corrected chi connectivity index (χ2v) is 22.7. The average Bonchev–Trinajstić information content (AvgIpc) is 3.36. The maximum absolute atomic E-state index is 9.37. The minimum absolute atomic E-state index is 0.172. The number of rotatable bonds is 5. The van der Waals surface area contributed by atoms with Crippen molar-refractivity contribution in [3.8, 4) is 44.5 Å². The summed E-state index contributed by atoms with van der Waals surface area (Å²) in [5, 5.41) is 0. The molecule has 0 aromatic heterocycles. The molecule has 0 fully saturated rings. The highest BCUT2D eigenvalue weighted by atomic mass is 32.2. The van der Waals surface area contributed by atoms with Gasteiger partial charge in [0.25, 0.3) is 0 Å². The van der Waals surface area contributed by atoms with Gasteiger partial charge in [0.05, 0.1) is 18.0 Å². The SMILES string of the molecule is [2H]c1c([2H])c([2H])c(-c2ccc3c(c2)N(c2c(-c4ccccc4)cc(C(C)(C)C)cc2-c2ccccc2)c2cc(C(C)(C)C)cc4c2B3c2cc(-c3ccccc3)ccc2C42c3ccccc3Sc3ccccc32)c([2H])c1[2H]. The van der Waals surface area contributed by atoms with Crippen LogP contribution < -0.4 is 21.3 Å². The fourth-order valence-corrected chi connectivity index (χ4v) is 13.1. The molecule has 3 aliphatic rings. The van der Waals surface area contributed by atoms with Crippen molar-refractivity contribution < 1.29 is 6.85 Å². The smallest absolute Gasteiger partial charge is 0.247 e. The van der Waals surface area contributed by atoms with Crippen LogP contribution in [0.15, 0.2) is 240 Å². The Morgan fingerprint density at radius 2 is 0.931 bits per heavy atom. The highest BCUT2D eigenvalue weighted by Gasteiger charge is 2.54. The second-order valence-electron chi connectivity index (χ2n) is 21.7. The Morgan fingerprint density at radius 1 is 0.417 bits per heavy atom. The summed E-state index contributed by atoms with van der Waals surface area (Å²) < 4.78 is 45.1. The zero-order chi connectivity index (χ0) is 53.3. The van der Waals surface area contributed by atoms with E-state index in [2.05, 4.69) is 241 Å². The molecule has 0 bridgehead atoms. The molecular formula is C69H56BNS. The molecule has 3 heteroatoms. The van der Waals surface area contributed by atoms with E-state index >= 15 is 0 Å². The molecule has 1 nitrogen and oxygen atoms in total. The molecule has 1 spiro atoms. The van der Waals surface area contributed by atoms with E-state index in [-0.39, 0.29) is 47.3 Å². The summed E-state index contributed by atoms with van der Waals surface area (Å²) in [5.41, 5.74) is 19.7. The first-order valence-corrected chi connectivity index (χ1v) is 25.9. The van der Waals surface area contributed by atoms with E-state index in [0.717, 1.165) is 55.9 Å². The molecule has 3 heterocycles. The molecule has 0 atom stereocenters. The third-order valence-corrected chi connectivity index (χ3v) is 16.5. The minimum Gasteiger partial charge on any atom is -0.310 e. The normalized spacial score (nSPS) is 14.9. The Kier molecular flexibility index (Phi) is 9.10. The predicted octanol–water partition coefficient (Wildman–Crippen LogP) is 16.4. The first kappa shape index (κ1) is 39.1. The van der Waals surface area contributed by atoms with Crippen LogP contribution in [-0.4, -0.2) is 6.71 Å². The van der Waals surface area contributed by atoms with Gasteiger partial charge in [0, 0.05) is 32.3 Å². The molecule has 0 radical (unpaired) electrons. The Hall–Kier alpha value is -7.59. The molecule has 3 aliphatic heterocycles. The number of fused-ring (bicyclic) bond motifs is 10. The Morgan fingerprint density at radius 3 is 1.51 bits per heavy atom. The lowest BCUT2D eigenvalue weighted by Gasteiger charge is -2.51. The second kappa shape index (κ2) is 16.8. The van der Waals surface area contributed by atoms with Gasteiger partial charge in [-0.25, -0.2) is 0 Å². The molecule has 13 rings (SSSR count). The molecule has 0 saturated carbocycles. The fourth-order valence-electron chi connectivity index (χ4n) is 11.9. The highest BCUT2D eigenvalue weighted by molar-refractivity contribution is 7.99. The van der Waals surface area contributed by atoms with Crippen molar-refractivity contribution in [2.24, 2.45) is 0 Å². The Labute approximate surface area is 437 Å². The van der Waals surface area contributed by atoms with Crippen LogP contribution in [0, 0.1) is 0 Å². The maximum Gasteiger partial charge on any atom is 0.247 e. The molecule has 0 amide bonds. The van der Waals surface area contributed by atoms with Gasteiger partial charge < -0.3 is 4.90 Å². The molecular weight excluding hydrogens is 886 g/mol. The highest BCUT2D eigenvalue weighted by Crippen LogP contribution is 2.59. The largest absolute Gasteiger partial charge is 0.310 e. The maximum atomic E-state index is 9.37. The van der Waals surface area contributed by atoms with Gasteiger partial charge in [-0.3, -0.25) is 0 Å².